The third kappa shape index (κ3) is 2.99. The molecule has 1 aromatic heterocycles. The van der Waals surface area contributed by atoms with E-state index in [1.807, 2.05) is 67.7 Å². The molecule has 1 aliphatic heterocycles. The first-order valence-corrected chi connectivity index (χ1v) is 8.90. The van der Waals surface area contributed by atoms with Crippen LogP contribution in [0.25, 0.3) is 0 Å². The second kappa shape index (κ2) is 6.83. The van der Waals surface area contributed by atoms with Crippen LogP contribution in [0.3, 0.4) is 0 Å². The fraction of sp³-hybridized carbons (Fsp3) is 0.333. The maximum absolute atomic E-state index is 12.4. The van der Waals surface area contributed by atoms with Crippen LogP contribution in [-0.4, -0.2) is 42.2 Å². The van der Waals surface area contributed by atoms with Crippen molar-refractivity contribution in [2.24, 2.45) is 5.73 Å². The van der Waals surface area contributed by atoms with Crippen LogP contribution in [0.5, 0.6) is 0 Å². The molecule has 1 aromatic carbocycles. The number of primary amides is 1. The summed E-state index contributed by atoms with van der Waals surface area (Å²) in [4.78, 5) is 18.0. The zero-order valence-electron chi connectivity index (χ0n) is 13.9. The van der Waals surface area contributed by atoms with Gasteiger partial charge in [0, 0.05) is 38.5 Å². The molecule has 0 bridgehead atoms. The van der Waals surface area contributed by atoms with Crippen molar-refractivity contribution in [1.29, 1.82) is 0 Å². The van der Waals surface area contributed by atoms with Gasteiger partial charge in [-0.25, -0.2) is 4.98 Å². The number of nitrogens with one attached hydrogen (secondary N) is 1. The molecule has 2 aromatic rings. The van der Waals surface area contributed by atoms with Crippen LogP contribution < -0.4 is 16.0 Å². The van der Waals surface area contributed by atoms with E-state index in [-0.39, 0.29) is 11.8 Å². The molecular formula is C18H22N4OS. The van der Waals surface area contributed by atoms with Crippen LogP contribution in [0.1, 0.15) is 17.0 Å². The SMILES string of the molecule is CN(C)c1ccc(C(c2ccccc2)C2(C(N)=O)NCCS2)cn1. The van der Waals surface area contributed by atoms with Crippen molar-refractivity contribution in [2.75, 3.05) is 31.3 Å². The Labute approximate surface area is 146 Å². The van der Waals surface area contributed by atoms with Gasteiger partial charge in [-0.05, 0) is 17.2 Å². The van der Waals surface area contributed by atoms with Gasteiger partial charge >= 0.3 is 0 Å². The topological polar surface area (TPSA) is 71.2 Å². The van der Waals surface area contributed by atoms with Crippen molar-refractivity contribution in [3.63, 3.8) is 0 Å². The molecule has 1 fully saturated rings. The monoisotopic (exact) mass is 342 g/mol. The number of aromatic nitrogens is 1. The van der Waals surface area contributed by atoms with Gasteiger partial charge in [0.25, 0.3) is 0 Å². The number of hydrogen-bond donors (Lipinski definition) is 2. The first-order valence-electron chi connectivity index (χ1n) is 7.92. The molecule has 3 rings (SSSR count). The number of rotatable bonds is 5. The lowest BCUT2D eigenvalue weighted by Gasteiger charge is -2.35. The number of nitrogens with zero attached hydrogens (tertiary/aromatic N) is 2. The lowest BCUT2D eigenvalue weighted by Crippen LogP contribution is -2.54. The molecule has 2 atom stereocenters. The predicted octanol–water partition coefficient (Wildman–Crippen LogP) is 1.80. The number of amides is 1. The van der Waals surface area contributed by atoms with Crippen molar-refractivity contribution >= 4 is 23.5 Å². The molecule has 0 saturated carbocycles. The van der Waals surface area contributed by atoms with Gasteiger partial charge < -0.3 is 10.6 Å². The first-order chi connectivity index (χ1) is 11.5. The van der Waals surface area contributed by atoms with Gasteiger partial charge in [0.15, 0.2) is 4.87 Å². The summed E-state index contributed by atoms with van der Waals surface area (Å²) in [5, 5.41) is 3.35. The molecule has 2 heterocycles. The maximum atomic E-state index is 12.4. The summed E-state index contributed by atoms with van der Waals surface area (Å²) in [6.07, 6.45) is 1.85. The van der Waals surface area contributed by atoms with Crippen molar-refractivity contribution in [3.8, 4) is 0 Å². The molecule has 0 spiro atoms. The van der Waals surface area contributed by atoms with E-state index in [1.165, 1.54) is 0 Å². The second-order valence-electron chi connectivity index (χ2n) is 6.06. The lowest BCUT2D eigenvalue weighted by molar-refractivity contribution is -0.121. The van der Waals surface area contributed by atoms with Gasteiger partial charge in [-0.2, -0.15) is 0 Å². The van der Waals surface area contributed by atoms with Crippen molar-refractivity contribution in [1.82, 2.24) is 10.3 Å². The number of hydrogen-bond acceptors (Lipinski definition) is 5. The normalized spacial score (nSPS) is 21.4. The van der Waals surface area contributed by atoms with Crippen molar-refractivity contribution in [3.05, 3.63) is 59.8 Å². The third-order valence-corrected chi connectivity index (χ3v) is 5.73. The summed E-state index contributed by atoms with van der Waals surface area (Å²) >= 11 is 1.58. The lowest BCUT2D eigenvalue weighted by atomic mass is 9.84. The Morgan fingerprint density at radius 2 is 2.00 bits per heavy atom. The Bertz CT molecular complexity index is 697. The fourth-order valence-corrected chi connectivity index (χ4v) is 4.44. The van der Waals surface area contributed by atoms with Crippen LogP contribution in [0.15, 0.2) is 48.7 Å². The Morgan fingerprint density at radius 1 is 1.25 bits per heavy atom. The highest BCUT2D eigenvalue weighted by molar-refractivity contribution is 8.01. The quantitative estimate of drug-likeness (QED) is 0.867. The van der Waals surface area contributed by atoms with Gasteiger partial charge in [-0.1, -0.05) is 36.4 Å². The molecule has 0 radical (unpaired) electrons. The molecule has 0 aliphatic carbocycles. The van der Waals surface area contributed by atoms with Crippen molar-refractivity contribution < 1.29 is 4.79 Å². The molecule has 2 unspecified atom stereocenters. The van der Waals surface area contributed by atoms with Crippen LogP contribution in [-0.2, 0) is 4.79 Å². The van der Waals surface area contributed by atoms with Crippen LogP contribution >= 0.6 is 11.8 Å². The summed E-state index contributed by atoms with van der Waals surface area (Å²) in [6.45, 7) is 0.764. The van der Waals surface area contributed by atoms with E-state index in [0.29, 0.717) is 0 Å². The summed E-state index contributed by atoms with van der Waals surface area (Å²) in [6, 6.07) is 14.0. The number of carbonyl (C=O) groups excluding carboxylic acids is 1. The zero-order chi connectivity index (χ0) is 17.2. The number of thioether (sulfide) groups is 1. The Balaban J connectivity index is 2.10. The Hall–Kier alpha value is -2.05. The maximum Gasteiger partial charge on any atom is 0.249 e. The first kappa shape index (κ1) is 16.8. The van der Waals surface area contributed by atoms with Gasteiger partial charge in [-0.15, -0.1) is 11.8 Å². The number of carbonyl (C=O) groups is 1. The number of benzene rings is 1. The van der Waals surface area contributed by atoms with Crippen LogP contribution in [0.4, 0.5) is 5.82 Å². The third-order valence-electron chi connectivity index (χ3n) is 4.29. The van der Waals surface area contributed by atoms with Gasteiger partial charge in [-0.3, -0.25) is 10.1 Å². The van der Waals surface area contributed by atoms with Crippen LogP contribution in [0, 0.1) is 0 Å². The molecule has 5 nitrogen and oxygen atoms in total. The molecule has 1 aliphatic rings. The largest absolute Gasteiger partial charge is 0.367 e. The summed E-state index contributed by atoms with van der Waals surface area (Å²) in [7, 11) is 3.91. The highest BCUT2D eigenvalue weighted by Gasteiger charge is 2.48. The minimum absolute atomic E-state index is 0.188. The molecule has 3 N–H and O–H groups in total. The average molecular weight is 342 g/mol. The Kier molecular flexibility index (Phi) is 4.78. The second-order valence-corrected chi connectivity index (χ2v) is 7.40. The van der Waals surface area contributed by atoms with E-state index in [9.17, 15) is 4.79 Å². The highest BCUT2D eigenvalue weighted by atomic mass is 32.2. The fourth-order valence-electron chi connectivity index (χ4n) is 3.13. The van der Waals surface area contributed by atoms with Crippen molar-refractivity contribution in [2.45, 2.75) is 10.8 Å². The highest BCUT2D eigenvalue weighted by Crippen LogP contribution is 2.44. The molecule has 1 saturated heterocycles. The van der Waals surface area contributed by atoms with E-state index >= 15 is 0 Å². The minimum atomic E-state index is -0.845. The molecule has 24 heavy (non-hydrogen) atoms. The molecular weight excluding hydrogens is 320 g/mol. The predicted molar refractivity (Wildman–Crippen MR) is 99.2 cm³/mol. The van der Waals surface area contributed by atoms with E-state index in [0.717, 1.165) is 29.2 Å². The Morgan fingerprint density at radius 3 is 2.50 bits per heavy atom. The molecule has 1 amide bonds. The minimum Gasteiger partial charge on any atom is -0.367 e. The van der Waals surface area contributed by atoms with Gasteiger partial charge in [0.2, 0.25) is 5.91 Å². The zero-order valence-corrected chi connectivity index (χ0v) is 14.7. The number of nitrogens with two attached hydrogens (primary N) is 1. The molecule has 126 valence electrons. The summed E-state index contributed by atoms with van der Waals surface area (Å²) < 4.78 is 0. The molecule has 6 heteroatoms. The van der Waals surface area contributed by atoms with Gasteiger partial charge in [0.1, 0.15) is 5.82 Å². The summed E-state index contributed by atoms with van der Waals surface area (Å²) in [5.74, 6) is 1.21. The smallest absolute Gasteiger partial charge is 0.249 e. The van der Waals surface area contributed by atoms with E-state index in [4.69, 9.17) is 5.73 Å². The van der Waals surface area contributed by atoms with E-state index in [1.54, 1.807) is 11.8 Å². The van der Waals surface area contributed by atoms with E-state index in [2.05, 4.69) is 10.3 Å². The van der Waals surface area contributed by atoms with Crippen LogP contribution in [0.2, 0.25) is 0 Å². The average Bonchev–Trinajstić information content (AvgIpc) is 3.07. The number of anilines is 1. The number of pyridine rings is 1. The standard InChI is InChI=1S/C18H22N4OS/c1-22(2)15-9-8-14(12-20-15)16(13-6-4-3-5-7-13)18(17(19)23)21-10-11-24-18/h3-9,12,16,21H,10-11H2,1-2H3,(H2,19,23). The summed E-state index contributed by atoms with van der Waals surface area (Å²) in [5.41, 5.74) is 7.87. The van der Waals surface area contributed by atoms with E-state index < -0.39 is 4.87 Å². The van der Waals surface area contributed by atoms with Gasteiger partial charge in [0.05, 0.1) is 0 Å².